The molecule has 1 unspecified atom stereocenters. The average molecular weight is 452 g/mol. The summed E-state index contributed by atoms with van der Waals surface area (Å²) in [7, 11) is 1.39. The number of carbonyl (C=O) groups excluding carboxylic acids is 1. The van der Waals surface area contributed by atoms with Crippen LogP contribution >= 0.6 is 34.5 Å². The molecule has 0 bridgehead atoms. The zero-order valence-electron chi connectivity index (χ0n) is 16.2. The van der Waals surface area contributed by atoms with Gasteiger partial charge in [-0.1, -0.05) is 23.2 Å². The molecule has 0 aliphatic heterocycles. The minimum Gasteiger partial charge on any atom is -0.493 e. The van der Waals surface area contributed by atoms with Gasteiger partial charge in [0.1, 0.15) is 10.6 Å². The maximum absolute atomic E-state index is 11.6. The van der Waals surface area contributed by atoms with Crippen LogP contribution in [0.4, 0.5) is 0 Å². The summed E-state index contributed by atoms with van der Waals surface area (Å²) in [6.45, 7) is 0.561. The first-order chi connectivity index (χ1) is 14.0. The third kappa shape index (κ3) is 5.88. The molecule has 1 saturated carbocycles. The highest BCUT2D eigenvalue weighted by Gasteiger charge is 2.36. The Morgan fingerprint density at radius 3 is 2.69 bits per heavy atom. The fourth-order valence-electron chi connectivity index (χ4n) is 4.00. The number of thiophene rings is 1. The molecule has 1 heterocycles. The maximum Gasteiger partial charge on any atom is 0.348 e. The number of nitriles is 1. The van der Waals surface area contributed by atoms with E-state index in [0.29, 0.717) is 39.1 Å². The van der Waals surface area contributed by atoms with E-state index in [4.69, 9.17) is 32.7 Å². The first-order valence-corrected chi connectivity index (χ1v) is 11.2. The molecule has 3 atom stereocenters. The van der Waals surface area contributed by atoms with Gasteiger partial charge in [0.2, 0.25) is 0 Å². The molecule has 0 amide bonds. The van der Waals surface area contributed by atoms with Crippen LogP contribution in [0.3, 0.4) is 0 Å². The number of hydrogen-bond acceptors (Lipinski definition) is 5. The van der Waals surface area contributed by atoms with Crippen molar-refractivity contribution in [2.24, 2.45) is 17.8 Å². The van der Waals surface area contributed by atoms with E-state index in [1.54, 1.807) is 18.2 Å². The minimum atomic E-state index is -0.292. The number of nitrogens with zero attached hydrogens (tertiary/aromatic N) is 1. The molecule has 1 aromatic carbocycles. The van der Waals surface area contributed by atoms with E-state index in [1.807, 2.05) is 12.1 Å². The van der Waals surface area contributed by atoms with Crippen LogP contribution in [0.2, 0.25) is 10.0 Å². The van der Waals surface area contributed by atoms with Gasteiger partial charge in [0.25, 0.3) is 0 Å². The van der Waals surface area contributed by atoms with E-state index < -0.39 is 0 Å². The Bertz CT molecular complexity index is 872. The second kappa shape index (κ2) is 10.3. The molecule has 2 aromatic rings. The summed E-state index contributed by atoms with van der Waals surface area (Å²) in [5.41, 5.74) is 0. The third-order valence-electron chi connectivity index (χ3n) is 5.45. The van der Waals surface area contributed by atoms with Gasteiger partial charge in [-0.15, -0.1) is 11.3 Å². The predicted molar refractivity (Wildman–Crippen MR) is 116 cm³/mol. The number of methoxy groups -OCH3 is 1. The van der Waals surface area contributed by atoms with Gasteiger partial charge >= 0.3 is 5.97 Å². The van der Waals surface area contributed by atoms with Crippen LogP contribution < -0.4 is 4.74 Å². The van der Waals surface area contributed by atoms with Crippen molar-refractivity contribution in [1.82, 2.24) is 0 Å². The van der Waals surface area contributed by atoms with Crippen molar-refractivity contribution in [3.05, 3.63) is 50.1 Å². The van der Waals surface area contributed by atoms with Gasteiger partial charge in [0.05, 0.1) is 19.8 Å². The number of hydrogen-bond donors (Lipinski definition) is 0. The zero-order valence-corrected chi connectivity index (χ0v) is 18.5. The Hall–Kier alpha value is -1.74. The summed E-state index contributed by atoms with van der Waals surface area (Å²) >= 11 is 13.6. The molecule has 1 aliphatic rings. The predicted octanol–water partition coefficient (Wildman–Crippen LogP) is 6.41. The summed E-state index contributed by atoms with van der Waals surface area (Å²) in [5.74, 6) is 1.09. The van der Waals surface area contributed by atoms with Crippen molar-refractivity contribution in [2.45, 2.75) is 32.1 Å². The van der Waals surface area contributed by atoms with Crippen molar-refractivity contribution in [1.29, 1.82) is 5.26 Å². The summed E-state index contributed by atoms with van der Waals surface area (Å²) < 4.78 is 10.7. The maximum atomic E-state index is 11.6. The standard InChI is InChI=1S/C22H23Cl2NO3S/c1-27-22(26)21-8-7-19(29-21)3-2-4-20-14(12-25)5-6-15(20)13-28-18-10-16(23)9-17(24)11-18/h7-11,14-15,20H,2-6,13H2,1H3/t14-,15+,20?/m0/s1. The van der Waals surface area contributed by atoms with Crippen LogP contribution in [0.15, 0.2) is 30.3 Å². The van der Waals surface area contributed by atoms with Crippen LogP contribution in [-0.2, 0) is 11.2 Å². The average Bonchev–Trinajstić information content (AvgIpc) is 3.32. The summed E-state index contributed by atoms with van der Waals surface area (Å²) in [5, 5.41) is 10.6. The molecular weight excluding hydrogens is 429 g/mol. The number of carbonyl (C=O) groups is 1. The highest BCUT2D eigenvalue weighted by molar-refractivity contribution is 7.13. The molecule has 3 rings (SSSR count). The van der Waals surface area contributed by atoms with E-state index in [9.17, 15) is 10.1 Å². The molecule has 7 heteroatoms. The second-order valence-electron chi connectivity index (χ2n) is 7.30. The lowest BCUT2D eigenvalue weighted by Gasteiger charge is -2.22. The first kappa shape index (κ1) is 22.0. The summed E-state index contributed by atoms with van der Waals surface area (Å²) in [4.78, 5) is 13.4. The van der Waals surface area contributed by atoms with Gasteiger partial charge in [-0.25, -0.2) is 4.79 Å². The van der Waals surface area contributed by atoms with Gasteiger partial charge in [0.15, 0.2) is 0 Å². The molecule has 1 fully saturated rings. The lowest BCUT2D eigenvalue weighted by Crippen LogP contribution is -2.20. The second-order valence-corrected chi connectivity index (χ2v) is 9.34. The fourth-order valence-corrected chi connectivity index (χ4v) is 5.48. The Morgan fingerprint density at radius 1 is 1.24 bits per heavy atom. The molecule has 154 valence electrons. The highest BCUT2D eigenvalue weighted by atomic mass is 35.5. The lowest BCUT2D eigenvalue weighted by atomic mass is 9.86. The monoisotopic (exact) mass is 451 g/mol. The highest BCUT2D eigenvalue weighted by Crippen LogP contribution is 2.40. The Labute approximate surface area is 185 Å². The fraction of sp³-hybridized carbons (Fsp3) is 0.455. The number of esters is 1. The SMILES string of the molecule is COC(=O)c1ccc(CCCC2[C@@H](COc3cc(Cl)cc(Cl)c3)CC[C@H]2C#N)s1. The molecule has 0 radical (unpaired) electrons. The molecule has 0 saturated heterocycles. The molecule has 1 aromatic heterocycles. The van der Waals surface area contributed by atoms with Gasteiger partial charge < -0.3 is 9.47 Å². The van der Waals surface area contributed by atoms with Gasteiger partial charge in [-0.2, -0.15) is 5.26 Å². The van der Waals surface area contributed by atoms with Gasteiger partial charge in [-0.3, -0.25) is 0 Å². The first-order valence-electron chi connectivity index (χ1n) is 9.65. The van der Waals surface area contributed by atoms with E-state index in [1.165, 1.54) is 23.3 Å². The minimum absolute atomic E-state index is 0.0699. The van der Waals surface area contributed by atoms with E-state index in [-0.39, 0.29) is 11.9 Å². The molecule has 29 heavy (non-hydrogen) atoms. The Kier molecular flexibility index (Phi) is 7.83. The number of aryl methyl sites for hydroxylation is 1. The Morgan fingerprint density at radius 2 is 2.00 bits per heavy atom. The molecule has 0 N–H and O–H groups in total. The number of ether oxygens (including phenoxy) is 2. The van der Waals surface area contributed by atoms with Crippen LogP contribution in [0.25, 0.3) is 0 Å². The molecule has 0 spiro atoms. The van der Waals surface area contributed by atoms with Crippen LogP contribution in [0.1, 0.15) is 40.2 Å². The van der Waals surface area contributed by atoms with Crippen molar-refractivity contribution >= 4 is 40.5 Å². The number of rotatable bonds is 8. The smallest absolute Gasteiger partial charge is 0.348 e. The normalized spacial score (nSPS) is 21.0. The topological polar surface area (TPSA) is 59.3 Å². The van der Waals surface area contributed by atoms with Crippen molar-refractivity contribution < 1.29 is 14.3 Å². The molecular formula is C22H23Cl2NO3S. The van der Waals surface area contributed by atoms with Gasteiger partial charge in [0, 0.05) is 20.8 Å². The Balaban J connectivity index is 1.54. The van der Waals surface area contributed by atoms with E-state index in [2.05, 4.69) is 6.07 Å². The molecule has 1 aliphatic carbocycles. The number of halogens is 2. The van der Waals surface area contributed by atoms with Crippen molar-refractivity contribution in [3.63, 3.8) is 0 Å². The quantitative estimate of drug-likeness (QED) is 0.435. The van der Waals surface area contributed by atoms with Crippen LogP contribution in [-0.4, -0.2) is 19.7 Å². The summed E-state index contributed by atoms with van der Waals surface area (Å²) in [6.07, 6.45) is 4.74. The third-order valence-corrected chi connectivity index (χ3v) is 7.01. The lowest BCUT2D eigenvalue weighted by molar-refractivity contribution is 0.0606. The molecule has 4 nitrogen and oxygen atoms in total. The van der Waals surface area contributed by atoms with Crippen molar-refractivity contribution in [3.8, 4) is 11.8 Å². The number of benzene rings is 1. The van der Waals surface area contributed by atoms with E-state index >= 15 is 0 Å². The largest absolute Gasteiger partial charge is 0.493 e. The van der Waals surface area contributed by atoms with Crippen LogP contribution in [0.5, 0.6) is 5.75 Å². The zero-order chi connectivity index (χ0) is 20.8. The van der Waals surface area contributed by atoms with E-state index in [0.717, 1.165) is 32.1 Å². The van der Waals surface area contributed by atoms with Crippen LogP contribution in [0, 0.1) is 29.1 Å². The van der Waals surface area contributed by atoms with Gasteiger partial charge in [-0.05, 0) is 74.3 Å². The van der Waals surface area contributed by atoms with Crippen molar-refractivity contribution in [2.75, 3.05) is 13.7 Å². The summed E-state index contributed by atoms with van der Waals surface area (Å²) in [6, 6.07) is 11.5.